The number of nitriles is 1. The quantitative estimate of drug-likeness (QED) is 0.285. The molecule has 0 radical (unpaired) electrons. The van der Waals surface area contributed by atoms with Gasteiger partial charge in [-0.05, 0) is 85.2 Å². The highest BCUT2D eigenvalue weighted by atomic mass is 16.2. The maximum atomic E-state index is 12.9. The van der Waals surface area contributed by atoms with Gasteiger partial charge in [-0.25, -0.2) is 4.98 Å². The molecule has 6 N–H and O–H groups in total. The van der Waals surface area contributed by atoms with Crippen LogP contribution in [0.2, 0.25) is 0 Å². The second-order valence-electron chi connectivity index (χ2n) is 11.4. The van der Waals surface area contributed by atoms with Crippen LogP contribution in [0.25, 0.3) is 0 Å². The third-order valence-corrected chi connectivity index (χ3v) is 8.47. The number of nitrogens with two attached hydrogens (primary N) is 2. The first-order valence-electron chi connectivity index (χ1n) is 14.3. The summed E-state index contributed by atoms with van der Waals surface area (Å²) in [7, 11) is 0. The van der Waals surface area contributed by atoms with E-state index >= 15 is 0 Å². The molecule has 1 aliphatic carbocycles. The molecular formula is C31H36N8O3. The zero-order chi connectivity index (χ0) is 30.0. The average Bonchev–Trinajstić information content (AvgIpc) is 3.64. The molecular weight excluding hydrogens is 532 g/mol. The van der Waals surface area contributed by atoms with E-state index in [-0.39, 0.29) is 24.4 Å². The number of amides is 3. The topological polar surface area (TPSA) is 184 Å². The van der Waals surface area contributed by atoms with Crippen LogP contribution in [0.3, 0.4) is 0 Å². The number of aromatic amines is 1. The van der Waals surface area contributed by atoms with E-state index in [1.807, 2.05) is 38.1 Å². The molecule has 1 saturated heterocycles. The van der Waals surface area contributed by atoms with Gasteiger partial charge in [-0.15, -0.1) is 0 Å². The molecule has 3 amide bonds. The number of aromatic nitrogens is 3. The molecule has 11 nitrogen and oxygen atoms in total. The fraction of sp³-hybridized carbons (Fsp3) is 0.419. The average molecular weight is 569 g/mol. The highest BCUT2D eigenvalue weighted by Crippen LogP contribution is 2.46. The van der Waals surface area contributed by atoms with E-state index < -0.39 is 17.2 Å². The predicted octanol–water partition coefficient (Wildman–Crippen LogP) is 2.05. The van der Waals surface area contributed by atoms with E-state index in [1.165, 1.54) is 0 Å². The third kappa shape index (κ3) is 5.25. The Bertz CT molecular complexity index is 1500. The van der Waals surface area contributed by atoms with Crippen LogP contribution in [0.5, 0.6) is 0 Å². The van der Waals surface area contributed by atoms with Gasteiger partial charge in [0.05, 0.1) is 18.0 Å². The van der Waals surface area contributed by atoms with Crippen molar-refractivity contribution >= 4 is 17.7 Å². The summed E-state index contributed by atoms with van der Waals surface area (Å²) in [5.41, 5.74) is 15.0. The van der Waals surface area contributed by atoms with Gasteiger partial charge in [0.1, 0.15) is 11.9 Å². The monoisotopic (exact) mass is 568 g/mol. The Morgan fingerprint density at radius 2 is 1.71 bits per heavy atom. The van der Waals surface area contributed by atoms with Crippen molar-refractivity contribution in [2.24, 2.45) is 11.5 Å². The summed E-state index contributed by atoms with van der Waals surface area (Å²) in [4.78, 5) is 43.8. The molecule has 42 heavy (non-hydrogen) atoms. The number of carbonyl (C=O) groups excluding carboxylic acids is 3. The number of hydrogen-bond donors (Lipinski definition) is 4. The number of H-pyrrole nitrogens is 1. The lowest BCUT2D eigenvalue weighted by Gasteiger charge is -2.34. The summed E-state index contributed by atoms with van der Waals surface area (Å²) in [6, 6.07) is 12.8. The molecule has 1 aliphatic heterocycles. The Balaban J connectivity index is 1.60. The number of rotatable bonds is 9. The van der Waals surface area contributed by atoms with Gasteiger partial charge in [0.25, 0.3) is 0 Å². The minimum atomic E-state index is -0.879. The van der Waals surface area contributed by atoms with Crippen molar-refractivity contribution in [3.05, 3.63) is 81.4 Å². The summed E-state index contributed by atoms with van der Waals surface area (Å²) >= 11 is 0. The van der Waals surface area contributed by atoms with Crippen LogP contribution in [0.15, 0.2) is 36.4 Å². The molecule has 2 aliphatic rings. The fourth-order valence-electron chi connectivity index (χ4n) is 6.27. The van der Waals surface area contributed by atoms with Crippen molar-refractivity contribution in [3.8, 4) is 6.07 Å². The highest BCUT2D eigenvalue weighted by molar-refractivity contribution is 5.94. The molecule has 0 bridgehead atoms. The zero-order valence-electron chi connectivity index (χ0n) is 23.9. The molecule has 11 heteroatoms. The summed E-state index contributed by atoms with van der Waals surface area (Å²) in [6.45, 7) is 5.17. The van der Waals surface area contributed by atoms with Crippen molar-refractivity contribution < 1.29 is 14.4 Å². The molecule has 2 heterocycles. The maximum Gasteiger partial charge on any atom is 0.248 e. The third-order valence-electron chi connectivity index (χ3n) is 8.47. The van der Waals surface area contributed by atoms with Crippen LogP contribution in [-0.4, -0.2) is 63.5 Å². The number of nitrogens with zero attached hydrogens (tertiary/aromatic N) is 4. The van der Waals surface area contributed by atoms with E-state index in [0.717, 1.165) is 34.5 Å². The van der Waals surface area contributed by atoms with E-state index in [0.29, 0.717) is 55.7 Å². The summed E-state index contributed by atoms with van der Waals surface area (Å²) in [5.74, 6) is 0.266. The minimum absolute atomic E-state index is 0.0977. The number of carbonyl (C=O) groups is 3. The van der Waals surface area contributed by atoms with Crippen molar-refractivity contribution in [2.75, 3.05) is 19.6 Å². The summed E-state index contributed by atoms with van der Waals surface area (Å²) in [5, 5.41) is 20.5. The van der Waals surface area contributed by atoms with Gasteiger partial charge < -0.3 is 21.7 Å². The second-order valence-corrected chi connectivity index (χ2v) is 11.4. The zero-order valence-corrected chi connectivity index (χ0v) is 23.9. The normalized spacial score (nSPS) is 17.3. The first-order valence-corrected chi connectivity index (χ1v) is 14.3. The SMILES string of the molecule is CC(C)c1nc(C2(CCNCC(=O)N3CCC[C@H]3C#N)c3ccc(C(N)=O)cc3CCc3cc(C(N)=O)ccc32)n[nH]1. The first-order chi connectivity index (χ1) is 20.1. The van der Waals surface area contributed by atoms with Crippen LogP contribution in [0, 0.1) is 11.3 Å². The standard InChI is InChI=1S/C31H36N8O3/c1-18(2)29-36-30(38-37-29)31(11-12-35-17-26(40)39-13-3-4-23(39)16-32)24-9-7-21(27(33)41)14-19(24)5-6-20-15-22(28(34)42)8-10-25(20)31/h7-10,14-15,18,23,35H,3-6,11-13,17H2,1-2H3,(H2,33,41)(H2,34,42)(H,36,37,38)/t23-/m0/s1. The Morgan fingerprint density at radius 3 is 2.24 bits per heavy atom. The lowest BCUT2D eigenvalue weighted by molar-refractivity contribution is -0.130. The Labute approximate surface area is 244 Å². The molecule has 2 aromatic carbocycles. The van der Waals surface area contributed by atoms with Crippen LogP contribution in [0.4, 0.5) is 0 Å². The van der Waals surface area contributed by atoms with Gasteiger partial charge in [0.15, 0.2) is 5.82 Å². The maximum absolute atomic E-state index is 12.9. The van der Waals surface area contributed by atoms with Crippen molar-refractivity contribution in [3.63, 3.8) is 0 Å². The number of nitrogens with one attached hydrogen (secondary N) is 2. The Hall–Kier alpha value is -4.56. The van der Waals surface area contributed by atoms with Gasteiger partial charge >= 0.3 is 0 Å². The van der Waals surface area contributed by atoms with Crippen molar-refractivity contribution in [1.29, 1.82) is 5.26 Å². The molecule has 1 atom stereocenters. The van der Waals surface area contributed by atoms with Crippen LogP contribution in [-0.2, 0) is 23.1 Å². The van der Waals surface area contributed by atoms with Crippen LogP contribution >= 0.6 is 0 Å². The van der Waals surface area contributed by atoms with E-state index in [1.54, 1.807) is 17.0 Å². The molecule has 218 valence electrons. The smallest absolute Gasteiger partial charge is 0.248 e. The molecule has 0 saturated carbocycles. The van der Waals surface area contributed by atoms with Crippen LogP contribution in [0.1, 0.15) is 93.6 Å². The Morgan fingerprint density at radius 1 is 1.10 bits per heavy atom. The lowest BCUT2D eigenvalue weighted by atomic mass is 9.69. The van der Waals surface area contributed by atoms with Gasteiger partial charge in [0.2, 0.25) is 17.7 Å². The van der Waals surface area contributed by atoms with Crippen molar-refractivity contribution in [2.45, 2.75) is 63.3 Å². The van der Waals surface area contributed by atoms with Gasteiger partial charge in [0, 0.05) is 23.6 Å². The van der Waals surface area contributed by atoms with Crippen LogP contribution < -0.4 is 16.8 Å². The number of fused-ring (bicyclic) bond motifs is 2. The number of benzene rings is 2. The molecule has 1 fully saturated rings. The number of hydrogen-bond acceptors (Lipinski definition) is 7. The minimum Gasteiger partial charge on any atom is -0.366 e. The molecule has 5 rings (SSSR count). The van der Waals surface area contributed by atoms with Gasteiger partial charge in [-0.1, -0.05) is 26.0 Å². The highest BCUT2D eigenvalue weighted by Gasteiger charge is 2.44. The Kier molecular flexibility index (Phi) is 8.09. The van der Waals surface area contributed by atoms with Crippen molar-refractivity contribution in [1.82, 2.24) is 25.4 Å². The molecule has 0 unspecified atom stereocenters. The number of likely N-dealkylation sites (tertiary alicyclic amines) is 1. The molecule has 0 spiro atoms. The largest absolute Gasteiger partial charge is 0.366 e. The summed E-state index contributed by atoms with van der Waals surface area (Å²) < 4.78 is 0. The number of primary amides is 2. The first kappa shape index (κ1) is 29.0. The van der Waals surface area contributed by atoms with Gasteiger partial charge in [-0.2, -0.15) is 10.4 Å². The predicted molar refractivity (Wildman–Crippen MR) is 156 cm³/mol. The van der Waals surface area contributed by atoms with Gasteiger partial charge in [-0.3, -0.25) is 19.5 Å². The molecule has 1 aromatic heterocycles. The lowest BCUT2D eigenvalue weighted by Crippen LogP contribution is -2.42. The van der Waals surface area contributed by atoms with E-state index in [4.69, 9.17) is 21.5 Å². The fourth-order valence-corrected chi connectivity index (χ4v) is 6.27. The van der Waals surface area contributed by atoms with E-state index in [2.05, 4.69) is 16.5 Å². The second kappa shape index (κ2) is 11.7. The summed E-state index contributed by atoms with van der Waals surface area (Å²) in [6.07, 6.45) is 3.20. The van der Waals surface area contributed by atoms with E-state index in [9.17, 15) is 19.6 Å². The molecule has 3 aromatic rings. The number of aryl methyl sites for hydroxylation is 2.